The van der Waals surface area contributed by atoms with Gasteiger partial charge in [-0.05, 0) is 54.6 Å². The van der Waals surface area contributed by atoms with Gasteiger partial charge in [0.15, 0.2) is 0 Å². The smallest absolute Gasteiger partial charge is 0.258 e. The number of phenols is 1. The summed E-state index contributed by atoms with van der Waals surface area (Å²) in [5, 5.41) is 12.9. The van der Waals surface area contributed by atoms with Crippen LogP contribution < -0.4 is 21.9 Å². The van der Waals surface area contributed by atoms with Gasteiger partial charge >= 0.3 is 0 Å². The molecule has 4 aliphatic heterocycles. The molecule has 0 saturated heterocycles. The van der Waals surface area contributed by atoms with E-state index in [-0.39, 0.29) is 24.1 Å². The summed E-state index contributed by atoms with van der Waals surface area (Å²) in [6.45, 7) is 0.235. The number of anilines is 2. The second kappa shape index (κ2) is 8.34. The topological polar surface area (TPSA) is 122 Å². The summed E-state index contributed by atoms with van der Waals surface area (Å²) in [5.74, 6) is 7.72. The molecule has 0 spiro atoms. The van der Waals surface area contributed by atoms with Crippen molar-refractivity contribution in [1.82, 2.24) is 0 Å². The summed E-state index contributed by atoms with van der Waals surface area (Å²) in [7, 11) is 0. The lowest BCUT2D eigenvalue weighted by Gasteiger charge is -2.24. The monoisotopic (exact) mass is 376 g/mol. The summed E-state index contributed by atoms with van der Waals surface area (Å²) in [6, 6.07) is 20.6. The van der Waals surface area contributed by atoms with Gasteiger partial charge < -0.3 is 15.3 Å². The van der Waals surface area contributed by atoms with Crippen LogP contribution in [-0.2, 0) is 6.54 Å². The molecule has 7 heteroatoms. The van der Waals surface area contributed by atoms with E-state index < -0.39 is 0 Å². The Morgan fingerprint density at radius 2 is 1.43 bits per heavy atom. The van der Waals surface area contributed by atoms with Crippen molar-refractivity contribution in [3.63, 3.8) is 0 Å². The number of para-hydroxylation sites is 1. The number of nitrogens with zero attached hydrogens (tertiary/aromatic N) is 1. The van der Waals surface area contributed by atoms with Gasteiger partial charge in [-0.3, -0.25) is 21.3 Å². The van der Waals surface area contributed by atoms with Gasteiger partial charge in [0, 0.05) is 28.1 Å². The van der Waals surface area contributed by atoms with E-state index in [1.165, 1.54) is 0 Å². The third-order valence-corrected chi connectivity index (χ3v) is 4.40. The normalized spacial score (nSPS) is 12.6. The van der Waals surface area contributed by atoms with Crippen LogP contribution in [0, 0.1) is 0 Å². The fourth-order valence-electron chi connectivity index (χ4n) is 2.94. The van der Waals surface area contributed by atoms with Crippen LogP contribution in [-0.4, -0.2) is 16.9 Å². The molecule has 3 aromatic rings. The largest absolute Gasteiger partial charge is 0.508 e. The number of amides is 2. The molecule has 0 saturated carbocycles. The fraction of sp³-hybridized carbons (Fsp3) is 0.0476. The van der Waals surface area contributed by atoms with E-state index in [4.69, 9.17) is 0 Å². The number of hydrogen-bond donors (Lipinski definition) is 4. The van der Waals surface area contributed by atoms with Crippen molar-refractivity contribution in [2.24, 2.45) is 11.7 Å². The quantitative estimate of drug-likeness (QED) is 0.405. The van der Waals surface area contributed by atoms with Crippen molar-refractivity contribution >= 4 is 23.2 Å². The van der Waals surface area contributed by atoms with Crippen molar-refractivity contribution in [2.75, 3.05) is 10.2 Å². The Balaban J connectivity index is 0.00000109. The molecule has 3 aromatic carbocycles. The maximum atomic E-state index is 13.1. The third-order valence-electron chi connectivity index (χ3n) is 4.40. The van der Waals surface area contributed by atoms with Crippen molar-refractivity contribution in [3.05, 3.63) is 89.5 Å². The molecular formula is C21H20N4O3. The lowest BCUT2D eigenvalue weighted by molar-refractivity contribution is 0.0981. The van der Waals surface area contributed by atoms with Crippen LogP contribution in [0.25, 0.3) is 0 Å². The van der Waals surface area contributed by atoms with Gasteiger partial charge in [-0.15, -0.1) is 0 Å². The number of nitrogens with two attached hydrogens (primary N) is 2. The van der Waals surface area contributed by atoms with Crippen LogP contribution in [0.4, 0.5) is 11.4 Å². The van der Waals surface area contributed by atoms with Crippen molar-refractivity contribution < 1.29 is 14.7 Å². The number of carbonyl (C=O) groups excluding carboxylic acids is 2. The highest BCUT2D eigenvalue weighted by atomic mass is 16.3. The molecule has 0 radical (unpaired) electrons. The van der Waals surface area contributed by atoms with Crippen LogP contribution >= 0.6 is 0 Å². The molecule has 28 heavy (non-hydrogen) atoms. The standard InChI is InChI=1S/C21H16N2O3.H4N2/c24-19-4-2-1-3-16(19)13-23-18-11-9-17(10-12-18)22-20(25)14-5-7-15(8-6-14)21(23)26;1-2/h1-12,24H,13H2,(H,22,25);1-2H2. The van der Waals surface area contributed by atoms with Gasteiger partial charge in [-0.25, -0.2) is 0 Å². The Kier molecular flexibility index (Phi) is 5.69. The van der Waals surface area contributed by atoms with E-state index in [0.29, 0.717) is 28.1 Å². The first-order valence-corrected chi connectivity index (χ1v) is 8.55. The number of nitrogens with one attached hydrogen (secondary N) is 1. The molecule has 0 unspecified atom stereocenters. The Labute approximate surface area is 162 Å². The average Bonchev–Trinajstić information content (AvgIpc) is 2.74. The van der Waals surface area contributed by atoms with E-state index in [2.05, 4.69) is 17.0 Å². The van der Waals surface area contributed by atoms with E-state index in [9.17, 15) is 14.7 Å². The second-order valence-electron chi connectivity index (χ2n) is 6.10. The maximum absolute atomic E-state index is 13.1. The zero-order valence-corrected chi connectivity index (χ0v) is 15.0. The molecule has 6 N–H and O–H groups in total. The zero-order chi connectivity index (χ0) is 20.1. The Bertz CT molecular complexity index is 985. The average molecular weight is 376 g/mol. The number of aromatic hydroxyl groups is 1. The molecule has 0 aliphatic carbocycles. The third kappa shape index (κ3) is 3.85. The van der Waals surface area contributed by atoms with E-state index in [1.807, 2.05) is 6.07 Å². The lowest BCUT2D eigenvalue weighted by atomic mass is 10.1. The molecule has 7 nitrogen and oxygen atoms in total. The predicted octanol–water partition coefficient (Wildman–Crippen LogP) is 2.62. The molecule has 0 fully saturated rings. The summed E-state index contributed by atoms with van der Waals surface area (Å²) in [5.41, 5.74) is 2.95. The van der Waals surface area contributed by atoms with E-state index in [1.54, 1.807) is 71.6 Å². The minimum atomic E-state index is -0.219. The Hall–Kier alpha value is -3.68. The number of carbonyl (C=O) groups is 2. The van der Waals surface area contributed by atoms with Gasteiger partial charge in [0.1, 0.15) is 5.75 Å². The highest BCUT2D eigenvalue weighted by Crippen LogP contribution is 2.26. The van der Waals surface area contributed by atoms with Gasteiger partial charge in [-0.2, -0.15) is 0 Å². The summed E-state index contributed by atoms with van der Waals surface area (Å²) >= 11 is 0. The number of benzene rings is 3. The second-order valence-corrected chi connectivity index (χ2v) is 6.10. The first kappa shape index (κ1) is 19.1. The molecule has 4 aliphatic rings. The van der Waals surface area contributed by atoms with E-state index in [0.717, 1.165) is 0 Å². The summed E-state index contributed by atoms with van der Waals surface area (Å²) < 4.78 is 0. The lowest BCUT2D eigenvalue weighted by Crippen LogP contribution is -2.30. The molecule has 0 aromatic heterocycles. The highest BCUT2D eigenvalue weighted by molar-refractivity contribution is 6.09. The Morgan fingerprint density at radius 3 is 2.07 bits per heavy atom. The van der Waals surface area contributed by atoms with E-state index >= 15 is 0 Å². The fourth-order valence-corrected chi connectivity index (χ4v) is 2.94. The molecular weight excluding hydrogens is 356 g/mol. The van der Waals surface area contributed by atoms with Gasteiger partial charge in [-0.1, -0.05) is 18.2 Å². The van der Waals surface area contributed by atoms with Crippen LogP contribution in [0.3, 0.4) is 0 Å². The number of hydrazine groups is 1. The zero-order valence-electron chi connectivity index (χ0n) is 15.0. The van der Waals surface area contributed by atoms with Crippen molar-refractivity contribution in [1.29, 1.82) is 0 Å². The predicted molar refractivity (Wildman–Crippen MR) is 108 cm³/mol. The van der Waals surface area contributed by atoms with Gasteiger partial charge in [0.2, 0.25) is 0 Å². The number of phenolic OH excluding ortho intramolecular Hbond substituents is 1. The molecule has 4 bridgehead atoms. The summed E-state index contributed by atoms with van der Waals surface area (Å²) in [4.78, 5) is 26.9. The molecule has 0 atom stereocenters. The van der Waals surface area contributed by atoms with Crippen LogP contribution in [0.1, 0.15) is 26.3 Å². The van der Waals surface area contributed by atoms with Crippen LogP contribution in [0.5, 0.6) is 5.75 Å². The van der Waals surface area contributed by atoms with Crippen molar-refractivity contribution in [3.8, 4) is 5.75 Å². The van der Waals surface area contributed by atoms with Gasteiger partial charge in [0.05, 0.1) is 6.54 Å². The first-order chi connectivity index (χ1) is 13.6. The van der Waals surface area contributed by atoms with Gasteiger partial charge in [0.25, 0.3) is 11.8 Å². The highest BCUT2D eigenvalue weighted by Gasteiger charge is 2.21. The first-order valence-electron chi connectivity index (χ1n) is 8.55. The molecule has 142 valence electrons. The van der Waals surface area contributed by atoms with Crippen LogP contribution in [0.15, 0.2) is 72.8 Å². The maximum Gasteiger partial charge on any atom is 0.258 e. The molecule has 7 rings (SSSR count). The number of hydrogen-bond acceptors (Lipinski definition) is 5. The molecule has 4 heterocycles. The van der Waals surface area contributed by atoms with Crippen LogP contribution in [0.2, 0.25) is 0 Å². The SMILES string of the molecule is NN.O=C1Nc2ccc(cc2)N(Cc2ccccc2O)C(=O)c2ccc1cc2. The minimum Gasteiger partial charge on any atom is -0.508 e. The summed E-state index contributed by atoms with van der Waals surface area (Å²) in [6.07, 6.45) is 0. The molecule has 2 amide bonds. The Morgan fingerprint density at radius 1 is 0.821 bits per heavy atom. The van der Waals surface area contributed by atoms with Crippen molar-refractivity contribution in [2.45, 2.75) is 6.54 Å². The minimum absolute atomic E-state index is 0.144. The number of rotatable bonds is 2.